The Labute approximate surface area is 164 Å². The van der Waals surface area contributed by atoms with Crippen molar-refractivity contribution in [3.63, 3.8) is 0 Å². The number of sulfonamides is 1. The van der Waals surface area contributed by atoms with Crippen LogP contribution in [0.15, 0.2) is 48.5 Å². The van der Waals surface area contributed by atoms with E-state index in [9.17, 15) is 18.0 Å². The van der Waals surface area contributed by atoms with Crippen molar-refractivity contribution in [3.8, 4) is 0 Å². The Hall–Kier alpha value is -2.87. The fraction of sp³-hybridized carbons (Fsp3) is 0.300. The van der Waals surface area contributed by atoms with Gasteiger partial charge in [0.05, 0.1) is 11.9 Å². The minimum atomic E-state index is -3.63. The van der Waals surface area contributed by atoms with Crippen LogP contribution < -0.4 is 14.9 Å². The third kappa shape index (κ3) is 5.10. The lowest BCUT2D eigenvalue weighted by Crippen LogP contribution is -2.37. The number of nitrogens with one attached hydrogen (secondary N) is 2. The number of hydrogen-bond acceptors (Lipinski definition) is 4. The van der Waals surface area contributed by atoms with E-state index in [1.165, 1.54) is 0 Å². The van der Waals surface area contributed by atoms with E-state index in [1.807, 2.05) is 0 Å². The minimum absolute atomic E-state index is 0.136. The van der Waals surface area contributed by atoms with Gasteiger partial charge < -0.3 is 10.6 Å². The number of hydrogen-bond donors (Lipinski definition) is 2. The van der Waals surface area contributed by atoms with Gasteiger partial charge in [-0.05, 0) is 55.7 Å². The second-order valence-corrected chi connectivity index (χ2v) is 8.84. The first kappa shape index (κ1) is 19.9. The molecule has 0 bridgehead atoms. The van der Waals surface area contributed by atoms with Crippen molar-refractivity contribution in [1.29, 1.82) is 0 Å². The van der Waals surface area contributed by atoms with Crippen LogP contribution in [0.2, 0.25) is 0 Å². The first-order valence-electron chi connectivity index (χ1n) is 8.98. The van der Waals surface area contributed by atoms with Crippen molar-refractivity contribution >= 4 is 33.2 Å². The summed E-state index contributed by atoms with van der Waals surface area (Å²) in [5.41, 5.74) is 2.23. The molecule has 2 aromatic carbocycles. The van der Waals surface area contributed by atoms with Gasteiger partial charge in [-0.2, -0.15) is 0 Å². The molecule has 148 valence electrons. The molecule has 8 heteroatoms. The number of benzene rings is 2. The molecule has 0 unspecified atom stereocenters. The van der Waals surface area contributed by atoms with E-state index >= 15 is 0 Å². The Bertz CT molecular complexity index is 983. The molecule has 7 nitrogen and oxygen atoms in total. The van der Waals surface area contributed by atoms with Gasteiger partial charge in [0.15, 0.2) is 0 Å². The van der Waals surface area contributed by atoms with Crippen LogP contribution in [-0.4, -0.2) is 39.1 Å². The van der Waals surface area contributed by atoms with E-state index in [2.05, 4.69) is 10.6 Å². The average molecular weight is 401 g/mol. The van der Waals surface area contributed by atoms with Crippen LogP contribution in [0.4, 0.5) is 11.4 Å². The van der Waals surface area contributed by atoms with Crippen LogP contribution >= 0.6 is 0 Å². The molecular formula is C20H23N3O4S. The Balaban J connectivity index is 1.67. The molecule has 0 heterocycles. The maximum Gasteiger partial charge on any atom is 0.251 e. The van der Waals surface area contributed by atoms with Crippen molar-refractivity contribution in [2.24, 2.45) is 0 Å². The maximum atomic E-state index is 12.4. The molecule has 1 saturated carbocycles. The summed E-state index contributed by atoms with van der Waals surface area (Å²) in [6.07, 6.45) is 3.09. The summed E-state index contributed by atoms with van der Waals surface area (Å²) in [7, 11) is -3.63. The number of aryl methyl sites for hydroxylation is 1. The summed E-state index contributed by atoms with van der Waals surface area (Å²) >= 11 is 0. The number of carbonyl (C=O) groups is 2. The number of carbonyl (C=O) groups excluding carboxylic acids is 2. The highest BCUT2D eigenvalue weighted by atomic mass is 32.2. The van der Waals surface area contributed by atoms with Crippen molar-refractivity contribution in [2.45, 2.75) is 25.8 Å². The molecule has 28 heavy (non-hydrogen) atoms. The van der Waals surface area contributed by atoms with Crippen LogP contribution in [0.1, 0.15) is 28.8 Å². The number of rotatable bonds is 7. The molecular weight excluding hydrogens is 378 g/mol. The Morgan fingerprint density at radius 1 is 1.07 bits per heavy atom. The third-order valence-corrected chi connectivity index (χ3v) is 5.54. The second kappa shape index (κ2) is 8.02. The average Bonchev–Trinajstić information content (AvgIpc) is 3.44. The van der Waals surface area contributed by atoms with E-state index in [0.717, 1.165) is 29.0 Å². The van der Waals surface area contributed by atoms with E-state index in [0.29, 0.717) is 16.9 Å². The van der Waals surface area contributed by atoms with Gasteiger partial charge >= 0.3 is 0 Å². The van der Waals surface area contributed by atoms with E-state index in [4.69, 9.17) is 0 Å². The van der Waals surface area contributed by atoms with Crippen LogP contribution in [0, 0.1) is 6.92 Å². The predicted octanol–water partition coefficient (Wildman–Crippen LogP) is 2.29. The van der Waals surface area contributed by atoms with Crippen molar-refractivity contribution < 1.29 is 18.0 Å². The quantitative estimate of drug-likeness (QED) is 0.744. The largest absolute Gasteiger partial charge is 0.349 e. The zero-order valence-electron chi connectivity index (χ0n) is 15.8. The highest BCUT2D eigenvalue weighted by Gasteiger charge is 2.24. The van der Waals surface area contributed by atoms with Crippen LogP contribution in [0.25, 0.3) is 0 Å². The highest BCUT2D eigenvalue weighted by Crippen LogP contribution is 2.22. The van der Waals surface area contributed by atoms with Gasteiger partial charge in [0.1, 0.15) is 6.54 Å². The fourth-order valence-corrected chi connectivity index (χ4v) is 3.67. The zero-order chi connectivity index (χ0) is 20.3. The molecule has 1 aliphatic rings. The molecule has 0 saturated heterocycles. The van der Waals surface area contributed by atoms with Gasteiger partial charge in [-0.3, -0.25) is 13.9 Å². The summed E-state index contributed by atoms with van der Waals surface area (Å²) in [6, 6.07) is 13.8. The zero-order valence-corrected chi connectivity index (χ0v) is 16.6. The van der Waals surface area contributed by atoms with Crippen molar-refractivity contribution in [1.82, 2.24) is 5.32 Å². The third-order valence-electron chi connectivity index (χ3n) is 4.42. The molecule has 2 N–H and O–H groups in total. The smallest absolute Gasteiger partial charge is 0.251 e. The summed E-state index contributed by atoms with van der Waals surface area (Å²) < 4.78 is 25.5. The van der Waals surface area contributed by atoms with Gasteiger partial charge in [0.2, 0.25) is 15.9 Å². The Morgan fingerprint density at radius 3 is 2.29 bits per heavy atom. The molecule has 2 amide bonds. The Morgan fingerprint density at radius 2 is 1.71 bits per heavy atom. The molecule has 1 fully saturated rings. The fourth-order valence-electron chi connectivity index (χ4n) is 2.76. The lowest BCUT2D eigenvalue weighted by molar-refractivity contribution is -0.114. The monoisotopic (exact) mass is 401 g/mol. The lowest BCUT2D eigenvalue weighted by Gasteiger charge is -2.23. The summed E-state index contributed by atoms with van der Waals surface area (Å²) in [6.45, 7) is 1.45. The van der Waals surface area contributed by atoms with Gasteiger partial charge in [-0.25, -0.2) is 8.42 Å². The SMILES string of the molecule is Cc1ccccc1N(CC(=O)Nc1ccc(C(=O)NC2CC2)cc1)S(C)(=O)=O. The van der Waals surface area contributed by atoms with Crippen LogP contribution in [-0.2, 0) is 14.8 Å². The van der Waals surface area contributed by atoms with E-state index in [1.54, 1.807) is 55.5 Å². The number of para-hydroxylation sites is 1. The van der Waals surface area contributed by atoms with E-state index < -0.39 is 15.9 Å². The molecule has 2 aromatic rings. The Kier molecular flexibility index (Phi) is 5.69. The predicted molar refractivity (Wildman–Crippen MR) is 109 cm³/mol. The molecule has 3 rings (SSSR count). The summed E-state index contributed by atoms with van der Waals surface area (Å²) in [5.74, 6) is -0.605. The van der Waals surface area contributed by atoms with Crippen LogP contribution in [0.3, 0.4) is 0 Å². The van der Waals surface area contributed by atoms with Gasteiger partial charge in [0.25, 0.3) is 5.91 Å². The first-order valence-corrected chi connectivity index (χ1v) is 10.8. The van der Waals surface area contributed by atoms with Crippen molar-refractivity contribution in [3.05, 3.63) is 59.7 Å². The molecule has 0 aromatic heterocycles. The highest BCUT2D eigenvalue weighted by molar-refractivity contribution is 7.92. The van der Waals surface area contributed by atoms with E-state index in [-0.39, 0.29) is 18.5 Å². The normalized spacial score (nSPS) is 13.6. The van der Waals surface area contributed by atoms with Gasteiger partial charge in [-0.1, -0.05) is 18.2 Å². The lowest BCUT2D eigenvalue weighted by atomic mass is 10.2. The summed E-state index contributed by atoms with van der Waals surface area (Å²) in [5, 5.41) is 5.57. The molecule has 0 radical (unpaired) electrons. The topological polar surface area (TPSA) is 95.6 Å². The molecule has 1 aliphatic carbocycles. The second-order valence-electron chi connectivity index (χ2n) is 6.93. The van der Waals surface area contributed by atoms with Gasteiger partial charge in [-0.15, -0.1) is 0 Å². The maximum absolute atomic E-state index is 12.4. The van der Waals surface area contributed by atoms with Crippen LogP contribution in [0.5, 0.6) is 0 Å². The molecule has 0 spiro atoms. The summed E-state index contributed by atoms with van der Waals surface area (Å²) in [4.78, 5) is 24.4. The number of anilines is 2. The number of amides is 2. The molecule has 0 aliphatic heterocycles. The van der Waals surface area contributed by atoms with Gasteiger partial charge in [0, 0.05) is 17.3 Å². The van der Waals surface area contributed by atoms with Crippen molar-refractivity contribution in [2.75, 3.05) is 22.4 Å². The standard InChI is InChI=1S/C20H23N3O4S/c1-14-5-3-4-6-18(14)23(28(2,26)27)13-19(24)21-16-9-7-15(8-10-16)20(25)22-17-11-12-17/h3-10,17H,11-13H2,1-2H3,(H,21,24)(H,22,25). The number of nitrogens with zero attached hydrogens (tertiary/aromatic N) is 1. The molecule has 0 atom stereocenters. The first-order chi connectivity index (χ1) is 13.2. The minimum Gasteiger partial charge on any atom is -0.349 e.